The highest BCUT2D eigenvalue weighted by Crippen LogP contribution is 2.41. The van der Waals surface area contributed by atoms with Crippen molar-refractivity contribution in [3.8, 4) is 0 Å². The van der Waals surface area contributed by atoms with Gasteiger partial charge < -0.3 is 5.73 Å². The highest BCUT2D eigenvalue weighted by molar-refractivity contribution is 5.34. The van der Waals surface area contributed by atoms with Gasteiger partial charge >= 0.3 is 6.18 Å². The predicted octanol–water partition coefficient (Wildman–Crippen LogP) is 4.84. The fourth-order valence-corrected chi connectivity index (χ4v) is 2.90. The molecule has 1 saturated carbocycles. The van der Waals surface area contributed by atoms with E-state index in [0.29, 0.717) is 24.0 Å². The maximum atomic E-state index is 13.1. The second-order valence-electron chi connectivity index (χ2n) is 5.79. The third-order valence-corrected chi connectivity index (χ3v) is 4.23. The number of hydrogen-bond donors (Lipinski definition) is 1. The molecule has 21 heavy (non-hydrogen) atoms. The molecule has 1 unspecified atom stereocenters. The molecule has 118 valence electrons. The summed E-state index contributed by atoms with van der Waals surface area (Å²) in [5.41, 5.74) is 6.44. The summed E-state index contributed by atoms with van der Waals surface area (Å²) in [6.07, 6.45) is -4.19. The number of alkyl halides is 5. The Bertz CT molecular complexity index is 499. The molecule has 1 atom stereocenters. The van der Waals surface area contributed by atoms with Gasteiger partial charge in [0, 0.05) is 18.9 Å². The molecule has 0 amide bonds. The largest absolute Gasteiger partial charge is 0.416 e. The van der Waals surface area contributed by atoms with Gasteiger partial charge in [0.2, 0.25) is 5.92 Å². The molecule has 1 nitrogen and oxygen atoms in total. The van der Waals surface area contributed by atoms with Gasteiger partial charge in [0.25, 0.3) is 0 Å². The molecule has 1 aliphatic rings. The quantitative estimate of drug-likeness (QED) is 0.777. The van der Waals surface area contributed by atoms with E-state index in [4.69, 9.17) is 5.73 Å². The molecular formula is C15H18F5N. The van der Waals surface area contributed by atoms with Gasteiger partial charge in [0.1, 0.15) is 0 Å². The molecule has 1 aromatic carbocycles. The second-order valence-corrected chi connectivity index (χ2v) is 5.79. The highest BCUT2D eigenvalue weighted by Gasteiger charge is 2.37. The topological polar surface area (TPSA) is 26.0 Å². The summed E-state index contributed by atoms with van der Waals surface area (Å²) >= 11 is 0. The number of rotatable bonds is 2. The van der Waals surface area contributed by atoms with E-state index in [2.05, 4.69) is 0 Å². The summed E-state index contributed by atoms with van der Waals surface area (Å²) in [6.45, 7) is 1.57. The monoisotopic (exact) mass is 307 g/mol. The van der Waals surface area contributed by atoms with Crippen LogP contribution < -0.4 is 5.73 Å². The number of benzene rings is 1. The van der Waals surface area contributed by atoms with E-state index < -0.39 is 23.7 Å². The number of nitrogens with two attached hydrogens (primary N) is 1. The molecule has 0 radical (unpaired) electrons. The first-order chi connectivity index (χ1) is 9.60. The molecule has 0 bridgehead atoms. The lowest BCUT2D eigenvalue weighted by atomic mass is 9.79. The molecule has 6 heteroatoms. The van der Waals surface area contributed by atoms with Crippen LogP contribution in [0.1, 0.15) is 48.4 Å². The zero-order chi connectivity index (χ0) is 15.8. The van der Waals surface area contributed by atoms with Crippen LogP contribution in [0.3, 0.4) is 0 Å². The Morgan fingerprint density at radius 2 is 1.76 bits per heavy atom. The lowest BCUT2D eigenvalue weighted by molar-refractivity contribution is -0.137. The Morgan fingerprint density at radius 3 is 2.24 bits per heavy atom. The minimum atomic E-state index is -4.39. The van der Waals surface area contributed by atoms with Crippen molar-refractivity contribution < 1.29 is 22.0 Å². The maximum absolute atomic E-state index is 13.1. The van der Waals surface area contributed by atoms with Crippen molar-refractivity contribution in [2.75, 3.05) is 0 Å². The number of aryl methyl sites for hydroxylation is 1. The van der Waals surface area contributed by atoms with Gasteiger partial charge in [-0.15, -0.1) is 0 Å². The Morgan fingerprint density at radius 1 is 1.19 bits per heavy atom. The van der Waals surface area contributed by atoms with E-state index in [9.17, 15) is 22.0 Å². The van der Waals surface area contributed by atoms with Crippen LogP contribution in [-0.2, 0) is 6.18 Å². The van der Waals surface area contributed by atoms with Crippen LogP contribution in [-0.4, -0.2) is 5.92 Å². The van der Waals surface area contributed by atoms with E-state index in [1.54, 1.807) is 6.92 Å². The van der Waals surface area contributed by atoms with E-state index in [0.717, 1.165) is 12.1 Å². The zero-order valence-electron chi connectivity index (χ0n) is 11.7. The Balaban J connectivity index is 2.15. The molecule has 1 aromatic rings. The maximum Gasteiger partial charge on any atom is 0.416 e. The minimum Gasteiger partial charge on any atom is -0.324 e. The summed E-state index contributed by atoms with van der Waals surface area (Å²) in [4.78, 5) is 0. The first-order valence-corrected chi connectivity index (χ1v) is 6.91. The average Bonchev–Trinajstić information content (AvgIpc) is 2.36. The number of hydrogen-bond acceptors (Lipinski definition) is 1. The van der Waals surface area contributed by atoms with Crippen LogP contribution >= 0.6 is 0 Å². The van der Waals surface area contributed by atoms with Crippen molar-refractivity contribution in [3.05, 3.63) is 34.9 Å². The zero-order valence-corrected chi connectivity index (χ0v) is 11.7. The van der Waals surface area contributed by atoms with Gasteiger partial charge in [0.15, 0.2) is 0 Å². The minimum absolute atomic E-state index is 0.111. The molecule has 0 aliphatic heterocycles. The fraction of sp³-hybridized carbons (Fsp3) is 0.600. The Hall–Kier alpha value is -1.17. The van der Waals surface area contributed by atoms with E-state index in [1.807, 2.05) is 0 Å². The number of halogens is 5. The van der Waals surface area contributed by atoms with Gasteiger partial charge in [-0.1, -0.05) is 6.07 Å². The van der Waals surface area contributed by atoms with Crippen molar-refractivity contribution in [1.82, 2.24) is 0 Å². The molecule has 0 aromatic heterocycles. The van der Waals surface area contributed by atoms with Crippen LogP contribution in [0.4, 0.5) is 22.0 Å². The van der Waals surface area contributed by atoms with E-state index >= 15 is 0 Å². The first-order valence-electron chi connectivity index (χ1n) is 6.91. The van der Waals surface area contributed by atoms with Crippen LogP contribution in [0.15, 0.2) is 18.2 Å². The van der Waals surface area contributed by atoms with Gasteiger partial charge in [-0.25, -0.2) is 8.78 Å². The van der Waals surface area contributed by atoms with Crippen molar-refractivity contribution in [1.29, 1.82) is 0 Å². The molecule has 0 saturated heterocycles. The molecular weight excluding hydrogens is 289 g/mol. The van der Waals surface area contributed by atoms with E-state index in [1.165, 1.54) is 6.07 Å². The van der Waals surface area contributed by atoms with Crippen molar-refractivity contribution in [2.45, 2.75) is 50.7 Å². The van der Waals surface area contributed by atoms with Crippen LogP contribution in [0.5, 0.6) is 0 Å². The Kier molecular flexibility index (Phi) is 4.29. The van der Waals surface area contributed by atoms with Crippen molar-refractivity contribution in [3.63, 3.8) is 0 Å². The average molecular weight is 307 g/mol. The van der Waals surface area contributed by atoms with Crippen LogP contribution in [0.25, 0.3) is 0 Å². The molecule has 0 spiro atoms. The van der Waals surface area contributed by atoms with E-state index in [-0.39, 0.29) is 18.8 Å². The van der Waals surface area contributed by atoms with Crippen LogP contribution in [0, 0.1) is 12.8 Å². The highest BCUT2D eigenvalue weighted by atomic mass is 19.4. The standard InChI is InChI=1S/C15H18F5N/c1-9-8-11(15(18,19)20)2-3-12(9)13(21)10-4-6-14(16,17)7-5-10/h2-3,8,10,13H,4-7,21H2,1H3. The third kappa shape index (κ3) is 3.73. The molecule has 1 fully saturated rings. The SMILES string of the molecule is Cc1cc(C(F)(F)F)ccc1C(N)C1CCC(F)(F)CC1. The summed E-state index contributed by atoms with van der Waals surface area (Å²) in [5, 5.41) is 0. The molecule has 2 N–H and O–H groups in total. The summed E-state index contributed by atoms with van der Waals surface area (Å²) in [6, 6.07) is 2.94. The summed E-state index contributed by atoms with van der Waals surface area (Å²) in [7, 11) is 0. The van der Waals surface area contributed by atoms with Gasteiger partial charge in [-0.2, -0.15) is 13.2 Å². The fourth-order valence-electron chi connectivity index (χ4n) is 2.90. The lowest BCUT2D eigenvalue weighted by Gasteiger charge is -2.32. The smallest absolute Gasteiger partial charge is 0.324 e. The second kappa shape index (κ2) is 5.55. The lowest BCUT2D eigenvalue weighted by Crippen LogP contribution is -2.31. The normalized spacial score (nSPS) is 21.3. The van der Waals surface area contributed by atoms with Gasteiger partial charge in [-0.05, 0) is 48.9 Å². The van der Waals surface area contributed by atoms with Gasteiger partial charge in [0.05, 0.1) is 5.56 Å². The summed E-state index contributed by atoms with van der Waals surface area (Å²) < 4.78 is 64.2. The third-order valence-electron chi connectivity index (χ3n) is 4.23. The van der Waals surface area contributed by atoms with Crippen molar-refractivity contribution >= 4 is 0 Å². The first kappa shape index (κ1) is 16.2. The van der Waals surface area contributed by atoms with Gasteiger partial charge in [-0.3, -0.25) is 0 Å². The molecule has 2 rings (SSSR count). The summed E-state index contributed by atoms with van der Waals surface area (Å²) in [5.74, 6) is -2.74. The van der Waals surface area contributed by atoms with Crippen molar-refractivity contribution in [2.24, 2.45) is 11.7 Å². The molecule has 1 aliphatic carbocycles. The molecule has 0 heterocycles. The predicted molar refractivity (Wildman–Crippen MR) is 70.0 cm³/mol. The Labute approximate surface area is 120 Å². The van der Waals surface area contributed by atoms with Crippen LogP contribution in [0.2, 0.25) is 0 Å².